The molecule has 0 aliphatic heterocycles. The maximum Gasteiger partial charge on any atom is 0.273 e. The monoisotopic (exact) mass is 445 g/mol. The lowest BCUT2D eigenvalue weighted by molar-refractivity contribution is 0.0908. The van der Waals surface area contributed by atoms with Crippen LogP contribution in [0.2, 0.25) is 5.02 Å². The number of rotatable bonds is 7. The summed E-state index contributed by atoms with van der Waals surface area (Å²) in [4.78, 5) is 12.4. The lowest BCUT2D eigenvalue weighted by atomic mass is 10.1. The molecule has 2 N–H and O–H groups in total. The molecule has 8 nitrogen and oxygen atoms in total. The SMILES string of the molecule is CC(Cn1ccc(-c2cc(F)c(C#N)c(Cl)c2)n1)NC(=O)c1cc(C(O)C(C)C)on1. The van der Waals surface area contributed by atoms with Crippen LogP contribution in [0.3, 0.4) is 0 Å². The zero-order chi connectivity index (χ0) is 22.7. The Balaban J connectivity index is 1.65. The quantitative estimate of drug-likeness (QED) is 0.572. The van der Waals surface area contributed by atoms with Crippen molar-refractivity contribution in [1.82, 2.24) is 20.3 Å². The molecule has 1 aromatic carbocycles. The predicted molar refractivity (Wildman–Crippen MR) is 111 cm³/mol. The molecule has 2 unspecified atom stereocenters. The standard InChI is InChI=1S/C21H21ClFN5O3/c1-11(2)20(29)19-8-18(27-31-19)21(30)25-12(3)10-28-5-4-17(26-28)13-6-15(22)14(9-24)16(23)7-13/h4-8,11-12,20,29H,10H2,1-3H3,(H,25,30). The van der Waals surface area contributed by atoms with Crippen LogP contribution in [0, 0.1) is 23.1 Å². The van der Waals surface area contributed by atoms with Crippen molar-refractivity contribution in [2.24, 2.45) is 5.92 Å². The van der Waals surface area contributed by atoms with Crippen LogP contribution in [0.25, 0.3) is 11.3 Å². The molecule has 2 aromatic heterocycles. The average Bonchev–Trinajstić information content (AvgIpc) is 3.36. The molecule has 10 heteroatoms. The number of amides is 1. The van der Waals surface area contributed by atoms with Gasteiger partial charge in [0.2, 0.25) is 0 Å². The molecular weight excluding hydrogens is 425 g/mol. The molecular formula is C21H21ClFN5O3. The second-order valence-corrected chi connectivity index (χ2v) is 7.93. The molecule has 0 fully saturated rings. The van der Waals surface area contributed by atoms with Crippen molar-refractivity contribution >= 4 is 17.5 Å². The van der Waals surface area contributed by atoms with Gasteiger partial charge < -0.3 is 14.9 Å². The molecule has 1 amide bonds. The summed E-state index contributed by atoms with van der Waals surface area (Å²) in [7, 11) is 0. The third-order valence-corrected chi connectivity index (χ3v) is 4.91. The van der Waals surface area contributed by atoms with Crippen molar-refractivity contribution in [2.75, 3.05) is 0 Å². The van der Waals surface area contributed by atoms with Crippen LogP contribution in [0.1, 0.15) is 48.7 Å². The topological polar surface area (TPSA) is 117 Å². The van der Waals surface area contributed by atoms with Crippen molar-refractivity contribution in [3.05, 3.63) is 58.3 Å². The van der Waals surface area contributed by atoms with E-state index in [1.54, 1.807) is 29.9 Å². The van der Waals surface area contributed by atoms with Gasteiger partial charge in [0.1, 0.15) is 23.6 Å². The maximum absolute atomic E-state index is 14.0. The second kappa shape index (κ2) is 9.29. The van der Waals surface area contributed by atoms with E-state index in [4.69, 9.17) is 21.4 Å². The molecule has 0 aliphatic rings. The van der Waals surface area contributed by atoms with Crippen molar-refractivity contribution in [3.63, 3.8) is 0 Å². The van der Waals surface area contributed by atoms with Crippen LogP contribution in [0.15, 0.2) is 35.0 Å². The van der Waals surface area contributed by atoms with Crippen molar-refractivity contribution in [3.8, 4) is 17.3 Å². The Labute approximate surface area is 183 Å². The summed E-state index contributed by atoms with van der Waals surface area (Å²) < 4.78 is 20.7. The van der Waals surface area contributed by atoms with Gasteiger partial charge in [-0.15, -0.1) is 0 Å². The van der Waals surface area contributed by atoms with E-state index in [0.29, 0.717) is 17.8 Å². The second-order valence-electron chi connectivity index (χ2n) is 7.53. The van der Waals surface area contributed by atoms with Gasteiger partial charge >= 0.3 is 0 Å². The number of halogens is 2. The molecule has 0 radical (unpaired) electrons. The molecule has 0 aliphatic carbocycles. The largest absolute Gasteiger partial charge is 0.385 e. The van der Waals surface area contributed by atoms with E-state index in [2.05, 4.69) is 15.6 Å². The Bertz CT molecular complexity index is 1110. The molecule has 0 saturated heterocycles. The van der Waals surface area contributed by atoms with Crippen LogP contribution < -0.4 is 5.32 Å². The number of carbonyl (C=O) groups is 1. The minimum atomic E-state index is -0.838. The summed E-state index contributed by atoms with van der Waals surface area (Å²) in [5, 5.41) is 29.8. The number of aliphatic hydroxyl groups excluding tert-OH is 1. The van der Waals surface area contributed by atoms with Crippen molar-refractivity contribution < 1.29 is 18.8 Å². The van der Waals surface area contributed by atoms with Gasteiger partial charge in [0.15, 0.2) is 11.5 Å². The van der Waals surface area contributed by atoms with Gasteiger partial charge in [0, 0.05) is 23.9 Å². The van der Waals surface area contributed by atoms with Crippen molar-refractivity contribution in [1.29, 1.82) is 5.26 Å². The minimum Gasteiger partial charge on any atom is -0.385 e. The van der Waals surface area contributed by atoms with E-state index >= 15 is 0 Å². The van der Waals surface area contributed by atoms with Gasteiger partial charge in [0.25, 0.3) is 5.91 Å². The molecule has 3 aromatic rings. The number of nitrogens with one attached hydrogen (secondary N) is 1. The van der Waals surface area contributed by atoms with Crippen LogP contribution in [0.5, 0.6) is 0 Å². The van der Waals surface area contributed by atoms with Gasteiger partial charge in [-0.25, -0.2) is 4.39 Å². The van der Waals surface area contributed by atoms with E-state index in [-0.39, 0.29) is 34.0 Å². The zero-order valence-electron chi connectivity index (χ0n) is 17.1. The Hall–Kier alpha value is -3.22. The Morgan fingerprint density at radius 1 is 1.39 bits per heavy atom. The predicted octanol–water partition coefficient (Wildman–Crippen LogP) is 3.71. The fourth-order valence-electron chi connectivity index (χ4n) is 2.93. The van der Waals surface area contributed by atoms with E-state index in [1.807, 2.05) is 13.8 Å². The first kappa shape index (κ1) is 22.5. The lowest BCUT2D eigenvalue weighted by Crippen LogP contribution is -2.36. The third-order valence-electron chi connectivity index (χ3n) is 4.61. The molecule has 3 rings (SSSR count). The molecule has 0 bridgehead atoms. The number of benzene rings is 1. The summed E-state index contributed by atoms with van der Waals surface area (Å²) in [5.74, 6) is -0.990. The number of aliphatic hydroxyl groups is 1. The molecule has 0 saturated carbocycles. The first-order valence-electron chi connectivity index (χ1n) is 9.58. The molecule has 0 spiro atoms. The Kier molecular flexibility index (Phi) is 6.73. The number of carbonyl (C=O) groups excluding carboxylic acids is 1. The fraction of sp³-hybridized carbons (Fsp3) is 0.333. The molecule has 31 heavy (non-hydrogen) atoms. The minimum absolute atomic E-state index is 0.0160. The highest BCUT2D eigenvalue weighted by atomic mass is 35.5. The highest BCUT2D eigenvalue weighted by molar-refractivity contribution is 6.32. The van der Waals surface area contributed by atoms with Crippen LogP contribution in [-0.4, -0.2) is 32.0 Å². The third kappa shape index (κ3) is 5.10. The molecule has 2 heterocycles. The van der Waals surface area contributed by atoms with E-state index in [0.717, 1.165) is 0 Å². The first-order chi connectivity index (χ1) is 14.7. The van der Waals surface area contributed by atoms with Crippen LogP contribution in [-0.2, 0) is 6.54 Å². The van der Waals surface area contributed by atoms with Crippen LogP contribution in [0.4, 0.5) is 4.39 Å². The van der Waals surface area contributed by atoms with Gasteiger partial charge in [-0.3, -0.25) is 9.48 Å². The summed E-state index contributed by atoms with van der Waals surface area (Å²) in [6.45, 7) is 5.79. The summed E-state index contributed by atoms with van der Waals surface area (Å²) in [6, 6.07) is 7.20. The highest BCUT2D eigenvalue weighted by Gasteiger charge is 2.21. The zero-order valence-corrected chi connectivity index (χ0v) is 17.9. The highest BCUT2D eigenvalue weighted by Crippen LogP contribution is 2.27. The number of hydrogen-bond donors (Lipinski definition) is 2. The normalized spacial score (nSPS) is 13.1. The average molecular weight is 446 g/mol. The lowest BCUT2D eigenvalue weighted by Gasteiger charge is -2.13. The van der Waals surface area contributed by atoms with Crippen LogP contribution >= 0.6 is 11.6 Å². The number of nitriles is 1. The summed E-state index contributed by atoms with van der Waals surface area (Å²) in [6.07, 6.45) is 0.851. The Morgan fingerprint density at radius 2 is 2.13 bits per heavy atom. The van der Waals surface area contributed by atoms with E-state index in [1.165, 1.54) is 18.2 Å². The van der Waals surface area contributed by atoms with Gasteiger partial charge in [0.05, 0.1) is 17.3 Å². The number of aromatic nitrogens is 3. The number of nitrogens with zero attached hydrogens (tertiary/aromatic N) is 4. The summed E-state index contributed by atoms with van der Waals surface area (Å²) in [5.41, 5.74) is 0.784. The van der Waals surface area contributed by atoms with Crippen molar-refractivity contribution in [2.45, 2.75) is 39.5 Å². The maximum atomic E-state index is 14.0. The van der Waals surface area contributed by atoms with Gasteiger partial charge in [-0.1, -0.05) is 30.6 Å². The van der Waals surface area contributed by atoms with Gasteiger partial charge in [-0.2, -0.15) is 10.4 Å². The summed E-state index contributed by atoms with van der Waals surface area (Å²) >= 11 is 5.96. The van der Waals surface area contributed by atoms with Gasteiger partial charge in [-0.05, 0) is 31.0 Å². The fourth-order valence-corrected chi connectivity index (χ4v) is 3.18. The Morgan fingerprint density at radius 3 is 2.77 bits per heavy atom. The van der Waals surface area contributed by atoms with E-state index < -0.39 is 17.8 Å². The molecule has 2 atom stereocenters. The first-order valence-corrected chi connectivity index (χ1v) is 9.96. The number of hydrogen-bond acceptors (Lipinski definition) is 6. The smallest absolute Gasteiger partial charge is 0.273 e. The van der Waals surface area contributed by atoms with E-state index in [9.17, 15) is 14.3 Å². The molecule has 162 valence electrons.